The molecule has 0 bridgehead atoms. The van der Waals surface area contributed by atoms with E-state index in [2.05, 4.69) is 6.92 Å². The zero-order valence-electron chi connectivity index (χ0n) is 21.2. The van der Waals surface area contributed by atoms with E-state index < -0.39 is 25.8 Å². The predicted octanol–water partition coefficient (Wildman–Crippen LogP) is 9.35. The highest BCUT2D eigenvalue weighted by molar-refractivity contribution is 14.2. The Balaban J connectivity index is 1.68. The molecule has 0 unspecified atom stereocenters. The van der Waals surface area contributed by atoms with Gasteiger partial charge in [-0.1, -0.05) is 115 Å². The van der Waals surface area contributed by atoms with Crippen molar-refractivity contribution >= 4 is 42.3 Å². The Labute approximate surface area is 217 Å². The summed E-state index contributed by atoms with van der Waals surface area (Å²) in [5.74, 6) is -1.29. The fourth-order valence-corrected chi connectivity index (χ4v) is 6.05. The number of aromatic carboxylic acids is 1. The number of hydrogen-bond acceptors (Lipinski definition) is 4. The molecule has 0 saturated carbocycles. The van der Waals surface area contributed by atoms with Gasteiger partial charge in [-0.3, -0.25) is 4.79 Å². The SMILES string of the molecule is CCCCCCCCCCCCCCCCCC(=O)c1cccc2cc(C(=O)O)c(I(=O)=O)cc12. The van der Waals surface area contributed by atoms with E-state index in [1.807, 2.05) is 0 Å². The van der Waals surface area contributed by atoms with Gasteiger partial charge in [0.2, 0.25) is 0 Å². The highest BCUT2D eigenvalue weighted by Gasteiger charge is 2.18. The van der Waals surface area contributed by atoms with Crippen LogP contribution in [0.3, 0.4) is 0 Å². The van der Waals surface area contributed by atoms with Crippen molar-refractivity contribution in [1.82, 2.24) is 0 Å². The van der Waals surface area contributed by atoms with E-state index in [1.165, 1.54) is 89.2 Å². The summed E-state index contributed by atoms with van der Waals surface area (Å²) in [7, 11) is 0. The van der Waals surface area contributed by atoms with Crippen molar-refractivity contribution < 1.29 is 20.8 Å². The molecule has 1 N–H and O–H groups in total. The first kappa shape index (κ1) is 29.4. The van der Waals surface area contributed by atoms with Gasteiger partial charge in [0.1, 0.15) is 0 Å². The first-order chi connectivity index (χ1) is 17.0. The first-order valence-corrected chi connectivity index (χ1v) is 16.2. The van der Waals surface area contributed by atoms with Gasteiger partial charge in [-0.2, -0.15) is 0 Å². The monoisotopic (exact) mass is 596 g/mol. The molecule has 2 rings (SSSR count). The largest absolute Gasteiger partial charge is 0.478 e. The minimum atomic E-state index is -4.01. The number of hydrogen-bond donors (Lipinski definition) is 1. The van der Waals surface area contributed by atoms with Crippen LogP contribution in [-0.2, 0) is 6.14 Å². The van der Waals surface area contributed by atoms with Crippen LogP contribution in [0.4, 0.5) is 0 Å². The summed E-state index contributed by atoms with van der Waals surface area (Å²) in [6.07, 6.45) is 19.5. The van der Waals surface area contributed by atoms with E-state index in [0.29, 0.717) is 22.8 Å². The number of carbonyl (C=O) groups is 2. The van der Waals surface area contributed by atoms with Crippen LogP contribution in [0, 0.1) is 3.57 Å². The predicted molar refractivity (Wildman–Crippen MR) is 149 cm³/mol. The molecule has 0 heterocycles. The number of fused-ring (bicyclic) bond motifs is 1. The Hall–Kier alpha value is -1.83. The second-order valence-electron chi connectivity index (χ2n) is 9.50. The summed E-state index contributed by atoms with van der Waals surface area (Å²) < 4.78 is 23.2. The Morgan fingerprint density at radius 1 is 0.714 bits per heavy atom. The van der Waals surface area contributed by atoms with E-state index in [0.717, 1.165) is 19.3 Å². The van der Waals surface area contributed by atoms with Crippen LogP contribution < -0.4 is 0 Å². The summed E-state index contributed by atoms with van der Waals surface area (Å²) in [5.41, 5.74) is 0.253. The van der Waals surface area contributed by atoms with Gasteiger partial charge < -0.3 is 5.11 Å². The van der Waals surface area contributed by atoms with Gasteiger partial charge in [-0.05, 0) is 29.3 Å². The van der Waals surface area contributed by atoms with Crippen molar-refractivity contribution in [1.29, 1.82) is 0 Å². The number of carbonyl (C=O) groups excluding carboxylic acids is 1. The standard InChI is InChI=1S/C29H41IO5/c1-2-3-4-5-6-7-8-9-10-11-12-13-14-15-16-20-28(31)24-19-17-18-23-21-26(29(32)33)27(30(34)35)22-25(23)24/h17-19,21-22H,2-16,20H2,1H3,(H,32,33). The lowest BCUT2D eigenvalue weighted by Gasteiger charge is -2.08. The van der Waals surface area contributed by atoms with Crippen molar-refractivity contribution in [2.24, 2.45) is 0 Å². The molecule has 0 spiro atoms. The minimum Gasteiger partial charge on any atom is -0.478 e. The number of unbranched alkanes of at least 4 members (excludes halogenated alkanes) is 14. The molecular formula is C29H41IO5. The number of benzene rings is 2. The molecule has 0 atom stereocenters. The summed E-state index contributed by atoms with van der Waals surface area (Å²) in [6, 6.07) is 7.86. The average Bonchev–Trinajstić information content (AvgIpc) is 2.84. The maximum Gasteiger partial charge on any atom is 0.341 e. The molecule has 6 heteroatoms. The third-order valence-corrected chi connectivity index (χ3v) is 8.51. The molecule has 5 nitrogen and oxygen atoms in total. The van der Waals surface area contributed by atoms with Crippen LogP contribution >= 0.6 is 19.8 Å². The molecule has 0 fully saturated rings. The summed E-state index contributed by atoms with van der Waals surface area (Å²) in [6.45, 7) is 2.26. The van der Waals surface area contributed by atoms with Crippen LogP contribution in [0.5, 0.6) is 0 Å². The quantitative estimate of drug-likeness (QED) is 0.0992. The molecule has 0 saturated heterocycles. The number of halogens is 1. The summed E-state index contributed by atoms with van der Waals surface area (Å²) in [4.78, 5) is 24.3. The van der Waals surface area contributed by atoms with E-state index in [1.54, 1.807) is 18.2 Å². The van der Waals surface area contributed by atoms with Gasteiger partial charge in [0, 0.05) is 12.0 Å². The summed E-state index contributed by atoms with van der Waals surface area (Å²) >= 11 is -4.01. The zero-order chi connectivity index (χ0) is 25.5. The third kappa shape index (κ3) is 10.4. The number of carboxylic acid groups (broad SMARTS) is 1. The van der Waals surface area contributed by atoms with Crippen molar-refractivity contribution in [2.45, 2.75) is 110 Å². The Morgan fingerprint density at radius 3 is 1.71 bits per heavy atom. The first-order valence-electron chi connectivity index (χ1n) is 13.3. The molecule has 2 aromatic rings. The molecule has 35 heavy (non-hydrogen) atoms. The molecule has 2 aromatic carbocycles. The minimum absolute atomic E-state index is 0.0172. The molecule has 194 valence electrons. The second-order valence-corrected chi connectivity index (χ2v) is 11.9. The molecule has 0 aliphatic rings. The fraction of sp³-hybridized carbons (Fsp3) is 0.586. The van der Waals surface area contributed by atoms with E-state index in [9.17, 15) is 20.8 Å². The second kappa shape index (κ2) is 16.8. The van der Waals surface area contributed by atoms with Gasteiger partial charge in [0.25, 0.3) is 0 Å². The maximum atomic E-state index is 12.8. The maximum absolute atomic E-state index is 12.8. The number of rotatable bonds is 19. The van der Waals surface area contributed by atoms with E-state index in [4.69, 9.17) is 0 Å². The van der Waals surface area contributed by atoms with Gasteiger partial charge in [0.05, 0.1) is 9.13 Å². The van der Waals surface area contributed by atoms with Crippen LogP contribution in [0.15, 0.2) is 30.3 Å². The highest BCUT2D eigenvalue weighted by Crippen LogP contribution is 2.30. The molecule has 0 radical (unpaired) electrons. The molecule has 0 aromatic heterocycles. The normalized spacial score (nSPS) is 11.4. The van der Waals surface area contributed by atoms with Crippen LogP contribution in [0.25, 0.3) is 10.8 Å². The van der Waals surface area contributed by atoms with E-state index >= 15 is 0 Å². The third-order valence-electron chi connectivity index (χ3n) is 6.67. The zero-order valence-corrected chi connectivity index (χ0v) is 23.3. The molecule has 0 amide bonds. The Bertz CT molecular complexity index is 1020. The van der Waals surface area contributed by atoms with Crippen molar-refractivity contribution in [3.8, 4) is 0 Å². The lowest BCUT2D eigenvalue weighted by atomic mass is 9.96. The Morgan fingerprint density at radius 2 is 1.23 bits per heavy atom. The molecule has 0 aliphatic heterocycles. The van der Waals surface area contributed by atoms with Gasteiger partial charge >= 0.3 is 25.8 Å². The van der Waals surface area contributed by atoms with Gasteiger partial charge in [0.15, 0.2) is 5.78 Å². The highest BCUT2D eigenvalue weighted by atomic mass is 127. The van der Waals surface area contributed by atoms with Crippen molar-refractivity contribution in [2.75, 3.05) is 0 Å². The van der Waals surface area contributed by atoms with Gasteiger partial charge in [-0.25, -0.2) is 10.9 Å². The molecular weight excluding hydrogens is 555 g/mol. The van der Waals surface area contributed by atoms with E-state index in [-0.39, 0.29) is 14.9 Å². The smallest absolute Gasteiger partial charge is 0.341 e. The summed E-state index contributed by atoms with van der Waals surface area (Å²) in [5, 5.41) is 10.4. The number of Topliss-reactive ketones (excluding diaryl/α,β-unsaturated/α-hetero) is 1. The lowest BCUT2D eigenvalue weighted by Crippen LogP contribution is -2.04. The number of ketones is 1. The fourth-order valence-electron chi connectivity index (χ4n) is 4.63. The van der Waals surface area contributed by atoms with Crippen LogP contribution in [0.1, 0.15) is 130 Å². The van der Waals surface area contributed by atoms with Crippen LogP contribution in [0.2, 0.25) is 0 Å². The average molecular weight is 597 g/mol. The van der Waals surface area contributed by atoms with Crippen molar-refractivity contribution in [3.63, 3.8) is 0 Å². The number of carboxylic acids is 1. The Kier molecular flexibility index (Phi) is 14.1. The van der Waals surface area contributed by atoms with Crippen LogP contribution in [-0.4, -0.2) is 16.9 Å². The van der Waals surface area contributed by atoms with Gasteiger partial charge in [-0.15, -0.1) is 0 Å². The van der Waals surface area contributed by atoms with Crippen molar-refractivity contribution in [3.05, 3.63) is 45.0 Å². The topological polar surface area (TPSA) is 88.5 Å². The lowest BCUT2D eigenvalue weighted by molar-refractivity contribution is 0.0695. The molecule has 0 aliphatic carbocycles.